The number of rotatable bonds is 4. The molecule has 0 aliphatic carbocycles. The molecule has 0 N–H and O–H groups in total. The monoisotopic (exact) mass is 308 g/mol. The van der Waals surface area contributed by atoms with Gasteiger partial charge in [-0.2, -0.15) is 0 Å². The predicted octanol–water partition coefficient (Wildman–Crippen LogP) is 3.58. The number of oxazole rings is 1. The smallest absolute Gasteiger partial charge is 0.256 e. The first-order chi connectivity index (χ1) is 9.75. The molecule has 0 spiro atoms. The minimum absolute atomic E-state index is 0.170. The zero-order valence-corrected chi connectivity index (χ0v) is 12.8. The third-order valence-corrected chi connectivity index (χ3v) is 5.37. The maximum Gasteiger partial charge on any atom is 0.256 e. The fraction of sp³-hybridized carbons (Fsp3) is 0.429. The van der Waals surface area contributed by atoms with Crippen LogP contribution in [0.1, 0.15) is 30.7 Å². The van der Waals surface area contributed by atoms with Gasteiger partial charge in [-0.1, -0.05) is 17.8 Å². The van der Waals surface area contributed by atoms with E-state index in [2.05, 4.69) is 16.4 Å². The van der Waals surface area contributed by atoms with Gasteiger partial charge >= 0.3 is 0 Å². The average molecular weight is 308 g/mol. The highest BCUT2D eigenvalue weighted by atomic mass is 32.2. The van der Waals surface area contributed by atoms with Crippen LogP contribution in [-0.4, -0.2) is 27.6 Å². The van der Waals surface area contributed by atoms with Crippen LogP contribution in [0.3, 0.4) is 0 Å². The van der Waals surface area contributed by atoms with Crippen LogP contribution >= 0.6 is 23.1 Å². The van der Waals surface area contributed by atoms with E-state index in [1.807, 2.05) is 17.9 Å². The molecule has 0 radical (unpaired) electrons. The molecule has 1 amide bonds. The quantitative estimate of drug-likeness (QED) is 0.810. The molecule has 0 saturated carbocycles. The Morgan fingerprint density at radius 3 is 3.25 bits per heavy atom. The molecule has 1 fully saturated rings. The third-order valence-electron chi connectivity index (χ3n) is 3.44. The summed E-state index contributed by atoms with van der Waals surface area (Å²) in [6.07, 6.45) is 5.26. The van der Waals surface area contributed by atoms with Gasteiger partial charge in [0.1, 0.15) is 6.26 Å². The van der Waals surface area contributed by atoms with Gasteiger partial charge in [-0.05, 0) is 31.2 Å². The minimum Gasteiger partial charge on any atom is -0.440 e. The number of nitrogens with zero attached hydrogens (tertiary/aromatic N) is 2. The van der Waals surface area contributed by atoms with Crippen LogP contribution in [0.15, 0.2) is 39.6 Å². The Morgan fingerprint density at radius 2 is 2.55 bits per heavy atom. The number of hydrogen-bond acceptors (Lipinski definition) is 5. The second-order valence-corrected chi connectivity index (χ2v) is 7.03. The molecular formula is C14H16N2O2S2. The number of thioether (sulfide) groups is 1. The molecule has 106 valence electrons. The van der Waals surface area contributed by atoms with E-state index in [9.17, 15) is 4.79 Å². The Balaban J connectivity index is 1.69. The highest BCUT2D eigenvalue weighted by Crippen LogP contribution is 2.36. The molecule has 3 heterocycles. The lowest BCUT2D eigenvalue weighted by molar-refractivity contribution is -0.131. The summed E-state index contributed by atoms with van der Waals surface area (Å²) >= 11 is 3.11. The number of aromatic nitrogens is 1. The lowest BCUT2D eigenvalue weighted by atomic mass is 10.2. The lowest BCUT2D eigenvalue weighted by Gasteiger charge is -2.26. The van der Waals surface area contributed by atoms with Gasteiger partial charge in [-0.3, -0.25) is 4.79 Å². The van der Waals surface area contributed by atoms with Crippen molar-refractivity contribution >= 4 is 29.0 Å². The molecule has 2 aromatic rings. The third kappa shape index (κ3) is 2.76. The topological polar surface area (TPSA) is 46.3 Å². The maximum atomic E-state index is 12.6. The number of amides is 1. The first kappa shape index (κ1) is 13.7. The van der Waals surface area contributed by atoms with Crippen molar-refractivity contribution in [3.8, 4) is 0 Å². The first-order valence-electron chi connectivity index (χ1n) is 6.66. The van der Waals surface area contributed by atoms with Crippen molar-refractivity contribution in [1.29, 1.82) is 0 Å². The average Bonchev–Trinajstić information content (AvgIpc) is 3.18. The van der Waals surface area contributed by atoms with Crippen LogP contribution in [-0.2, 0) is 4.79 Å². The molecule has 0 aromatic carbocycles. The number of thiophene rings is 1. The van der Waals surface area contributed by atoms with E-state index in [0.717, 1.165) is 19.4 Å². The fourth-order valence-electron chi connectivity index (χ4n) is 2.51. The summed E-state index contributed by atoms with van der Waals surface area (Å²) in [6, 6.07) is 4.41. The van der Waals surface area contributed by atoms with E-state index in [4.69, 9.17) is 4.42 Å². The largest absolute Gasteiger partial charge is 0.440 e. The molecule has 2 atom stereocenters. The van der Waals surface area contributed by atoms with Gasteiger partial charge < -0.3 is 9.32 Å². The van der Waals surface area contributed by atoms with Crippen molar-refractivity contribution in [2.45, 2.75) is 36.3 Å². The summed E-state index contributed by atoms with van der Waals surface area (Å²) < 4.78 is 5.20. The van der Waals surface area contributed by atoms with Crippen molar-refractivity contribution in [2.24, 2.45) is 0 Å². The van der Waals surface area contributed by atoms with Gasteiger partial charge in [-0.15, -0.1) is 11.3 Å². The number of carbonyl (C=O) groups excluding carboxylic acids is 1. The van der Waals surface area contributed by atoms with Gasteiger partial charge in [0.05, 0.1) is 17.5 Å². The predicted molar refractivity (Wildman–Crippen MR) is 79.8 cm³/mol. The number of hydrogen-bond donors (Lipinski definition) is 0. The van der Waals surface area contributed by atoms with E-state index in [-0.39, 0.29) is 17.2 Å². The fourth-order valence-corrected chi connectivity index (χ4v) is 4.16. The van der Waals surface area contributed by atoms with E-state index < -0.39 is 0 Å². The lowest BCUT2D eigenvalue weighted by Crippen LogP contribution is -2.35. The van der Waals surface area contributed by atoms with E-state index >= 15 is 0 Å². The Bertz CT molecular complexity index is 554. The Morgan fingerprint density at radius 1 is 1.65 bits per heavy atom. The molecule has 6 heteroatoms. The number of carbonyl (C=O) groups is 1. The van der Waals surface area contributed by atoms with Gasteiger partial charge in [0.25, 0.3) is 5.22 Å². The standard InChI is InChI=1S/C14H16N2O2S2/c1-10(20-14-15-6-8-18-14)13(17)16-7-2-4-11(16)12-5-3-9-19-12/h3,5-6,8-11H,2,4,7H2,1H3. The second kappa shape index (κ2) is 6.01. The van der Waals surface area contributed by atoms with Gasteiger partial charge in [0.2, 0.25) is 5.91 Å². The first-order valence-corrected chi connectivity index (χ1v) is 8.41. The molecular weight excluding hydrogens is 292 g/mol. The molecule has 1 aliphatic heterocycles. The van der Waals surface area contributed by atoms with Crippen molar-refractivity contribution < 1.29 is 9.21 Å². The van der Waals surface area contributed by atoms with Crippen molar-refractivity contribution in [2.75, 3.05) is 6.54 Å². The Hall–Kier alpha value is -1.27. The molecule has 3 rings (SSSR count). The van der Waals surface area contributed by atoms with Crippen LogP contribution in [0.2, 0.25) is 0 Å². The summed E-state index contributed by atoms with van der Waals surface area (Å²) in [6.45, 7) is 2.76. The van der Waals surface area contributed by atoms with Crippen molar-refractivity contribution in [1.82, 2.24) is 9.88 Å². The van der Waals surface area contributed by atoms with Gasteiger partial charge in [-0.25, -0.2) is 4.98 Å². The summed E-state index contributed by atoms with van der Waals surface area (Å²) in [5, 5.41) is 2.45. The Kier molecular flexibility index (Phi) is 4.12. The van der Waals surface area contributed by atoms with E-state index in [1.54, 1.807) is 17.5 Å². The normalized spacial score (nSPS) is 20.2. The zero-order chi connectivity index (χ0) is 13.9. The second-order valence-electron chi connectivity index (χ2n) is 4.76. The highest BCUT2D eigenvalue weighted by molar-refractivity contribution is 8.00. The van der Waals surface area contributed by atoms with Crippen LogP contribution in [0.4, 0.5) is 0 Å². The summed E-state index contributed by atoms with van der Waals surface area (Å²) in [5.74, 6) is 0.170. The van der Waals surface area contributed by atoms with Crippen LogP contribution < -0.4 is 0 Å². The van der Waals surface area contributed by atoms with Crippen molar-refractivity contribution in [3.63, 3.8) is 0 Å². The zero-order valence-electron chi connectivity index (χ0n) is 11.2. The SMILES string of the molecule is CC(Sc1ncco1)C(=O)N1CCCC1c1cccs1. The van der Waals surface area contributed by atoms with E-state index in [1.165, 1.54) is 22.9 Å². The molecule has 2 aromatic heterocycles. The molecule has 2 unspecified atom stereocenters. The summed E-state index contributed by atoms with van der Waals surface area (Å²) in [4.78, 5) is 20.0. The minimum atomic E-state index is -0.172. The van der Waals surface area contributed by atoms with Crippen LogP contribution in [0, 0.1) is 0 Å². The van der Waals surface area contributed by atoms with Crippen LogP contribution in [0.25, 0.3) is 0 Å². The molecule has 1 saturated heterocycles. The summed E-state index contributed by atoms with van der Waals surface area (Å²) in [7, 11) is 0. The molecule has 1 aliphatic rings. The number of likely N-dealkylation sites (tertiary alicyclic amines) is 1. The van der Waals surface area contributed by atoms with Gasteiger partial charge in [0, 0.05) is 11.4 Å². The summed E-state index contributed by atoms with van der Waals surface area (Å²) in [5.41, 5.74) is 0. The van der Waals surface area contributed by atoms with Crippen LogP contribution in [0.5, 0.6) is 0 Å². The molecule has 0 bridgehead atoms. The molecule has 20 heavy (non-hydrogen) atoms. The maximum absolute atomic E-state index is 12.6. The molecule has 4 nitrogen and oxygen atoms in total. The Labute approximate surface area is 126 Å². The van der Waals surface area contributed by atoms with Gasteiger partial charge in [0.15, 0.2) is 0 Å². The van der Waals surface area contributed by atoms with Crippen molar-refractivity contribution in [3.05, 3.63) is 34.8 Å². The highest BCUT2D eigenvalue weighted by Gasteiger charge is 2.33. The van der Waals surface area contributed by atoms with E-state index in [0.29, 0.717) is 5.22 Å².